The third-order valence-corrected chi connectivity index (χ3v) is 6.01. The van der Waals surface area contributed by atoms with Crippen LogP contribution in [0.15, 0.2) is 30.3 Å². The molecular formula is C20H24N2O4. The minimum atomic E-state index is -0.614. The Labute approximate surface area is 152 Å². The lowest BCUT2D eigenvalue weighted by molar-refractivity contribution is -0.123. The molecule has 26 heavy (non-hydrogen) atoms. The number of carbonyl (C=O) groups excluding carboxylic acids is 3. The zero-order valence-corrected chi connectivity index (χ0v) is 14.7. The molecule has 0 radical (unpaired) electrons. The van der Waals surface area contributed by atoms with Crippen molar-refractivity contribution in [3.8, 4) is 0 Å². The number of hydrogen-bond donors (Lipinski definition) is 2. The highest BCUT2D eigenvalue weighted by atomic mass is 16.5. The highest BCUT2D eigenvalue weighted by molar-refractivity contribution is 5.97. The van der Waals surface area contributed by atoms with E-state index in [1.165, 1.54) is 19.3 Å². The quantitative estimate of drug-likeness (QED) is 0.812. The Hall–Kier alpha value is -2.37. The minimum Gasteiger partial charge on any atom is -0.452 e. The molecule has 0 atom stereocenters. The molecule has 4 aliphatic rings. The standard InChI is InChI=1S/C20H24N2O4/c23-17(12-26-18(24)16-4-2-1-3-5-16)21-19(25)22-20-9-13-6-14(10-20)8-15(7-13)11-20/h1-5,13-15H,6-12H2,(H2,21,22,23,25). The average Bonchev–Trinajstić information content (AvgIpc) is 2.58. The van der Waals surface area contributed by atoms with Crippen LogP contribution in [0.3, 0.4) is 0 Å². The van der Waals surface area contributed by atoms with Crippen LogP contribution in [0.5, 0.6) is 0 Å². The van der Waals surface area contributed by atoms with Gasteiger partial charge in [-0.1, -0.05) is 18.2 Å². The van der Waals surface area contributed by atoms with Crippen molar-refractivity contribution in [1.29, 1.82) is 0 Å². The SMILES string of the molecule is O=C(COC(=O)c1ccccc1)NC(=O)NC12CC3CC(CC(C3)C1)C2. The van der Waals surface area contributed by atoms with Gasteiger partial charge < -0.3 is 10.1 Å². The van der Waals surface area contributed by atoms with Crippen molar-refractivity contribution in [3.63, 3.8) is 0 Å². The van der Waals surface area contributed by atoms with E-state index in [-0.39, 0.29) is 5.54 Å². The van der Waals surface area contributed by atoms with Crippen LogP contribution in [0.4, 0.5) is 4.79 Å². The van der Waals surface area contributed by atoms with Crippen molar-refractivity contribution in [2.24, 2.45) is 17.8 Å². The van der Waals surface area contributed by atoms with Crippen molar-refractivity contribution < 1.29 is 19.1 Å². The van der Waals surface area contributed by atoms with Crippen LogP contribution in [0, 0.1) is 17.8 Å². The van der Waals surface area contributed by atoms with Gasteiger partial charge >= 0.3 is 12.0 Å². The molecule has 4 saturated carbocycles. The van der Waals surface area contributed by atoms with E-state index in [1.807, 2.05) is 0 Å². The Bertz CT molecular complexity index is 680. The van der Waals surface area contributed by atoms with Crippen molar-refractivity contribution >= 4 is 17.9 Å². The lowest BCUT2D eigenvalue weighted by Crippen LogP contribution is -2.62. The van der Waals surface area contributed by atoms with Gasteiger partial charge in [0.05, 0.1) is 5.56 Å². The molecule has 138 valence electrons. The summed E-state index contributed by atoms with van der Waals surface area (Å²) >= 11 is 0. The number of hydrogen-bond acceptors (Lipinski definition) is 4. The molecule has 2 N–H and O–H groups in total. The largest absolute Gasteiger partial charge is 0.452 e. The number of ether oxygens (including phenoxy) is 1. The summed E-state index contributed by atoms with van der Waals surface area (Å²) < 4.78 is 4.95. The predicted molar refractivity (Wildman–Crippen MR) is 94.3 cm³/mol. The summed E-state index contributed by atoms with van der Waals surface area (Å²) in [6, 6.07) is 7.97. The molecule has 3 amide bonds. The Morgan fingerprint density at radius 3 is 2.12 bits per heavy atom. The van der Waals surface area contributed by atoms with Gasteiger partial charge in [0.25, 0.3) is 5.91 Å². The number of imide groups is 1. The van der Waals surface area contributed by atoms with E-state index in [1.54, 1.807) is 30.3 Å². The van der Waals surface area contributed by atoms with E-state index in [4.69, 9.17) is 4.74 Å². The number of urea groups is 1. The van der Waals surface area contributed by atoms with Gasteiger partial charge in [-0.2, -0.15) is 0 Å². The second-order valence-corrected chi connectivity index (χ2v) is 8.14. The predicted octanol–water partition coefficient (Wildman–Crippen LogP) is 2.64. The summed E-state index contributed by atoms with van der Waals surface area (Å²) in [7, 11) is 0. The second-order valence-electron chi connectivity index (χ2n) is 8.14. The number of amides is 3. The maximum Gasteiger partial charge on any atom is 0.338 e. The molecule has 1 aromatic carbocycles. The molecule has 0 spiro atoms. The third-order valence-electron chi connectivity index (χ3n) is 6.01. The monoisotopic (exact) mass is 356 g/mol. The third kappa shape index (κ3) is 3.59. The molecule has 4 fully saturated rings. The fourth-order valence-corrected chi connectivity index (χ4v) is 5.49. The normalized spacial score (nSPS) is 31.3. The number of esters is 1. The summed E-state index contributed by atoms with van der Waals surface area (Å²) in [5.74, 6) is 0.941. The molecule has 1 aromatic rings. The molecule has 6 heteroatoms. The Morgan fingerprint density at radius 1 is 0.962 bits per heavy atom. The Balaban J connectivity index is 1.26. The molecule has 0 aliphatic heterocycles. The molecule has 0 aromatic heterocycles. The molecular weight excluding hydrogens is 332 g/mol. The van der Waals surface area contributed by atoms with Crippen LogP contribution < -0.4 is 10.6 Å². The maximum atomic E-state index is 12.3. The second kappa shape index (κ2) is 6.74. The first-order chi connectivity index (χ1) is 12.5. The van der Waals surface area contributed by atoms with E-state index in [9.17, 15) is 14.4 Å². The smallest absolute Gasteiger partial charge is 0.338 e. The fourth-order valence-electron chi connectivity index (χ4n) is 5.49. The van der Waals surface area contributed by atoms with Crippen molar-refractivity contribution in [3.05, 3.63) is 35.9 Å². The summed E-state index contributed by atoms with van der Waals surface area (Å²) in [6.45, 7) is -0.470. The van der Waals surface area contributed by atoms with Crippen LogP contribution in [-0.2, 0) is 9.53 Å². The van der Waals surface area contributed by atoms with Gasteiger partial charge in [-0.15, -0.1) is 0 Å². The van der Waals surface area contributed by atoms with Crippen molar-refractivity contribution in [2.75, 3.05) is 6.61 Å². The molecule has 6 nitrogen and oxygen atoms in total. The summed E-state index contributed by atoms with van der Waals surface area (Å²) in [4.78, 5) is 36.0. The van der Waals surface area contributed by atoms with Gasteiger partial charge in [-0.05, 0) is 68.4 Å². The van der Waals surface area contributed by atoms with E-state index in [0.717, 1.165) is 19.3 Å². The Morgan fingerprint density at radius 2 is 1.54 bits per heavy atom. The zero-order chi connectivity index (χ0) is 18.1. The number of benzene rings is 1. The fraction of sp³-hybridized carbons (Fsp3) is 0.550. The van der Waals surface area contributed by atoms with Crippen LogP contribution >= 0.6 is 0 Å². The minimum absolute atomic E-state index is 0.153. The van der Waals surface area contributed by atoms with Gasteiger partial charge in [0, 0.05) is 5.54 Å². The van der Waals surface area contributed by atoms with Crippen LogP contribution in [0.1, 0.15) is 48.9 Å². The first-order valence-electron chi connectivity index (χ1n) is 9.35. The molecule has 0 heterocycles. The molecule has 0 saturated heterocycles. The van der Waals surface area contributed by atoms with Crippen LogP contribution in [0.2, 0.25) is 0 Å². The molecule has 4 aliphatic carbocycles. The molecule has 5 rings (SSSR count). The first kappa shape index (κ1) is 17.1. The van der Waals surface area contributed by atoms with Gasteiger partial charge in [-0.25, -0.2) is 9.59 Å². The lowest BCUT2D eigenvalue weighted by Gasteiger charge is -2.56. The summed E-state index contributed by atoms with van der Waals surface area (Å²) in [6.07, 6.45) is 6.92. The highest BCUT2D eigenvalue weighted by Crippen LogP contribution is 2.55. The van der Waals surface area contributed by atoms with E-state index < -0.39 is 24.5 Å². The lowest BCUT2D eigenvalue weighted by atomic mass is 9.53. The van der Waals surface area contributed by atoms with Gasteiger partial charge in [0.1, 0.15) is 0 Å². The van der Waals surface area contributed by atoms with Crippen LogP contribution in [0.25, 0.3) is 0 Å². The molecule has 0 unspecified atom stereocenters. The summed E-state index contributed by atoms with van der Waals surface area (Å²) in [5, 5.41) is 5.36. The van der Waals surface area contributed by atoms with Gasteiger partial charge in [0.2, 0.25) is 0 Å². The first-order valence-corrected chi connectivity index (χ1v) is 9.35. The average molecular weight is 356 g/mol. The number of nitrogens with one attached hydrogen (secondary N) is 2. The Kier molecular flexibility index (Phi) is 4.42. The van der Waals surface area contributed by atoms with Gasteiger partial charge in [-0.3, -0.25) is 10.1 Å². The van der Waals surface area contributed by atoms with E-state index >= 15 is 0 Å². The van der Waals surface area contributed by atoms with Crippen molar-refractivity contribution in [1.82, 2.24) is 10.6 Å². The number of carbonyl (C=O) groups is 3. The molecule has 4 bridgehead atoms. The topological polar surface area (TPSA) is 84.5 Å². The number of rotatable bonds is 4. The summed E-state index contributed by atoms with van der Waals surface area (Å²) in [5.41, 5.74) is 0.220. The maximum absolute atomic E-state index is 12.3. The highest BCUT2D eigenvalue weighted by Gasteiger charge is 2.51. The zero-order valence-electron chi connectivity index (χ0n) is 14.7. The van der Waals surface area contributed by atoms with Crippen molar-refractivity contribution in [2.45, 2.75) is 44.1 Å². The van der Waals surface area contributed by atoms with E-state index in [0.29, 0.717) is 23.3 Å². The van der Waals surface area contributed by atoms with E-state index in [2.05, 4.69) is 10.6 Å². The van der Waals surface area contributed by atoms with Crippen LogP contribution in [-0.4, -0.2) is 30.1 Å². The van der Waals surface area contributed by atoms with Gasteiger partial charge in [0.15, 0.2) is 6.61 Å².